The molecule has 152 valence electrons. The molecule has 8 heteroatoms. The van der Waals surface area contributed by atoms with Crippen molar-refractivity contribution in [1.82, 2.24) is 25.4 Å². The SMILES string of the molecule is Cc1nnc(CN=C(NCCCOCC2CCCO2)NC2CCCC2)n1C. The fourth-order valence-corrected chi connectivity index (χ4v) is 3.53. The maximum absolute atomic E-state index is 5.73. The van der Waals surface area contributed by atoms with Crippen molar-refractivity contribution in [2.24, 2.45) is 12.0 Å². The predicted molar refractivity (Wildman–Crippen MR) is 105 cm³/mol. The average Bonchev–Trinajstić information content (AvgIpc) is 3.41. The monoisotopic (exact) mass is 378 g/mol. The molecule has 1 aliphatic carbocycles. The lowest BCUT2D eigenvalue weighted by Crippen LogP contribution is -2.43. The van der Waals surface area contributed by atoms with Crippen molar-refractivity contribution >= 4 is 5.96 Å². The van der Waals surface area contributed by atoms with E-state index in [-0.39, 0.29) is 0 Å². The molecule has 0 bridgehead atoms. The zero-order chi connectivity index (χ0) is 18.9. The summed E-state index contributed by atoms with van der Waals surface area (Å²) in [5, 5.41) is 15.3. The molecule has 1 aliphatic heterocycles. The molecule has 0 aromatic carbocycles. The van der Waals surface area contributed by atoms with Crippen LogP contribution in [0.2, 0.25) is 0 Å². The number of hydrogen-bond donors (Lipinski definition) is 2. The number of guanidine groups is 1. The smallest absolute Gasteiger partial charge is 0.191 e. The van der Waals surface area contributed by atoms with E-state index in [1.165, 1.54) is 25.7 Å². The van der Waals surface area contributed by atoms with E-state index in [2.05, 4.69) is 20.8 Å². The molecule has 1 atom stereocenters. The molecule has 1 saturated heterocycles. The highest BCUT2D eigenvalue weighted by molar-refractivity contribution is 5.80. The third-order valence-corrected chi connectivity index (χ3v) is 5.34. The molecular weight excluding hydrogens is 344 g/mol. The van der Waals surface area contributed by atoms with Crippen molar-refractivity contribution in [1.29, 1.82) is 0 Å². The maximum Gasteiger partial charge on any atom is 0.191 e. The number of aromatic nitrogens is 3. The van der Waals surface area contributed by atoms with Gasteiger partial charge in [-0.1, -0.05) is 12.8 Å². The van der Waals surface area contributed by atoms with Gasteiger partial charge in [-0.05, 0) is 39.0 Å². The van der Waals surface area contributed by atoms with Gasteiger partial charge in [-0.3, -0.25) is 0 Å². The minimum Gasteiger partial charge on any atom is -0.379 e. The Morgan fingerprint density at radius 1 is 1.26 bits per heavy atom. The second kappa shape index (κ2) is 10.6. The van der Waals surface area contributed by atoms with Gasteiger partial charge in [0, 0.05) is 32.8 Å². The first kappa shape index (κ1) is 20.1. The fourth-order valence-electron chi connectivity index (χ4n) is 3.53. The first-order valence-corrected chi connectivity index (χ1v) is 10.3. The number of rotatable bonds is 9. The van der Waals surface area contributed by atoms with Gasteiger partial charge in [0.2, 0.25) is 0 Å². The van der Waals surface area contributed by atoms with Gasteiger partial charge in [0.1, 0.15) is 12.4 Å². The summed E-state index contributed by atoms with van der Waals surface area (Å²) in [4.78, 5) is 4.72. The molecule has 1 aromatic rings. The Balaban J connectivity index is 1.41. The second-order valence-electron chi connectivity index (χ2n) is 7.50. The Kier molecular flexibility index (Phi) is 7.89. The lowest BCUT2D eigenvalue weighted by molar-refractivity contribution is 0.0168. The highest BCUT2D eigenvalue weighted by Crippen LogP contribution is 2.17. The Bertz CT molecular complexity index is 591. The van der Waals surface area contributed by atoms with Crippen LogP contribution in [-0.4, -0.2) is 59.2 Å². The van der Waals surface area contributed by atoms with Crippen molar-refractivity contribution in [3.8, 4) is 0 Å². The standard InChI is InChI=1S/C19H34N6O2/c1-15-23-24-18(25(15)2)13-21-19(22-16-7-3-4-8-16)20-10-6-11-26-14-17-9-5-12-27-17/h16-17H,3-14H2,1-2H3,(H2,20,21,22). The number of aliphatic imine (C=N–C) groups is 1. The summed E-state index contributed by atoms with van der Waals surface area (Å²) in [5.74, 6) is 2.64. The van der Waals surface area contributed by atoms with E-state index in [9.17, 15) is 0 Å². The lowest BCUT2D eigenvalue weighted by Gasteiger charge is -2.17. The Morgan fingerprint density at radius 2 is 2.11 bits per heavy atom. The predicted octanol–water partition coefficient (Wildman–Crippen LogP) is 1.69. The van der Waals surface area contributed by atoms with Crippen LogP contribution in [0.5, 0.6) is 0 Å². The third-order valence-electron chi connectivity index (χ3n) is 5.34. The number of ether oxygens (including phenoxy) is 2. The van der Waals surface area contributed by atoms with Gasteiger partial charge in [-0.15, -0.1) is 10.2 Å². The van der Waals surface area contributed by atoms with Crippen LogP contribution in [0, 0.1) is 6.92 Å². The van der Waals surface area contributed by atoms with Crippen molar-refractivity contribution in [2.75, 3.05) is 26.4 Å². The van der Waals surface area contributed by atoms with Gasteiger partial charge in [0.15, 0.2) is 11.8 Å². The van der Waals surface area contributed by atoms with Crippen molar-refractivity contribution < 1.29 is 9.47 Å². The first-order chi connectivity index (χ1) is 13.2. The number of nitrogens with one attached hydrogen (secondary N) is 2. The molecule has 2 heterocycles. The summed E-state index contributed by atoms with van der Waals surface area (Å²) in [6.07, 6.45) is 8.56. The molecule has 8 nitrogen and oxygen atoms in total. The van der Waals surface area contributed by atoms with E-state index < -0.39 is 0 Å². The maximum atomic E-state index is 5.73. The average molecular weight is 379 g/mol. The van der Waals surface area contributed by atoms with Crippen LogP contribution in [0.1, 0.15) is 56.6 Å². The van der Waals surface area contributed by atoms with E-state index in [1.807, 2.05) is 18.5 Å². The molecule has 0 radical (unpaired) electrons. The summed E-state index contributed by atoms with van der Waals surface area (Å²) >= 11 is 0. The Morgan fingerprint density at radius 3 is 2.81 bits per heavy atom. The highest BCUT2D eigenvalue weighted by Gasteiger charge is 2.17. The summed E-state index contributed by atoms with van der Waals surface area (Å²) in [5.41, 5.74) is 0. The van der Waals surface area contributed by atoms with Crippen LogP contribution in [0.4, 0.5) is 0 Å². The van der Waals surface area contributed by atoms with Gasteiger partial charge in [0.05, 0.1) is 12.7 Å². The summed E-state index contributed by atoms with van der Waals surface area (Å²) in [6.45, 7) is 5.65. The number of nitrogens with zero attached hydrogens (tertiary/aromatic N) is 4. The molecule has 2 aliphatic rings. The van der Waals surface area contributed by atoms with Gasteiger partial charge < -0.3 is 24.7 Å². The minimum absolute atomic E-state index is 0.300. The topological polar surface area (TPSA) is 85.6 Å². The van der Waals surface area contributed by atoms with E-state index in [0.717, 1.165) is 56.6 Å². The van der Waals surface area contributed by atoms with Crippen molar-refractivity contribution in [3.05, 3.63) is 11.6 Å². The minimum atomic E-state index is 0.300. The van der Waals surface area contributed by atoms with Crippen LogP contribution < -0.4 is 10.6 Å². The molecule has 27 heavy (non-hydrogen) atoms. The van der Waals surface area contributed by atoms with Crippen LogP contribution in [0.3, 0.4) is 0 Å². The fraction of sp³-hybridized carbons (Fsp3) is 0.842. The van der Waals surface area contributed by atoms with Crippen LogP contribution in [0.15, 0.2) is 4.99 Å². The molecule has 1 unspecified atom stereocenters. The van der Waals surface area contributed by atoms with Crippen LogP contribution in [0.25, 0.3) is 0 Å². The molecule has 2 N–H and O–H groups in total. The van der Waals surface area contributed by atoms with Crippen LogP contribution >= 0.6 is 0 Å². The van der Waals surface area contributed by atoms with Gasteiger partial charge in [-0.2, -0.15) is 0 Å². The summed E-state index contributed by atoms with van der Waals surface area (Å²) in [7, 11) is 1.98. The normalized spacial score (nSPS) is 21.1. The molecular formula is C19H34N6O2. The van der Waals surface area contributed by atoms with Gasteiger partial charge in [0.25, 0.3) is 0 Å². The van der Waals surface area contributed by atoms with Gasteiger partial charge >= 0.3 is 0 Å². The van der Waals surface area contributed by atoms with Crippen molar-refractivity contribution in [3.63, 3.8) is 0 Å². The van der Waals surface area contributed by atoms with Crippen molar-refractivity contribution in [2.45, 2.75) is 70.6 Å². The summed E-state index contributed by atoms with van der Waals surface area (Å²) < 4.78 is 13.3. The molecule has 0 amide bonds. The third kappa shape index (κ3) is 6.46. The molecule has 1 saturated carbocycles. The second-order valence-corrected chi connectivity index (χ2v) is 7.50. The van der Waals surface area contributed by atoms with E-state index in [1.54, 1.807) is 0 Å². The van der Waals surface area contributed by atoms with Crippen LogP contribution in [-0.2, 0) is 23.1 Å². The zero-order valence-corrected chi connectivity index (χ0v) is 16.7. The number of aryl methyl sites for hydroxylation is 1. The highest BCUT2D eigenvalue weighted by atomic mass is 16.5. The molecule has 2 fully saturated rings. The van der Waals surface area contributed by atoms with E-state index in [4.69, 9.17) is 14.5 Å². The summed E-state index contributed by atoms with van der Waals surface area (Å²) in [6, 6.07) is 0.522. The lowest BCUT2D eigenvalue weighted by atomic mass is 10.2. The van der Waals surface area contributed by atoms with E-state index >= 15 is 0 Å². The Labute approximate surface area is 162 Å². The van der Waals surface area contributed by atoms with Gasteiger partial charge in [-0.25, -0.2) is 4.99 Å². The first-order valence-electron chi connectivity index (χ1n) is 10.3. The molecule has 1 aromatic heterocycles. The largest absolute Gasteiger partial charge is 0.379 e. The Hall–Kier alpha value is -1.67. The molecule has 0 spiro atoms. The van der Waals surface area contributed by atoms with E-state index in [0.29, 0.717) is 25.3 Å². The molecule has 3 rings (SSSR count). The number of hydrogen-bond acceptors (Lipinski definition) is 5. The zero-order valence-electron chi connectivity index (χ0n) is 16.7. The quantitative estimate of drug-likeness (QED) is 0.386.